The quantitative estimate of drug-likeness (QED) is 0.225. The summed E-state index contributed by atoms with van der Waals surface area (Å²) < 4.78 is 0. The Labute approximate surface area is 160 Å². The average molecular weight is 397 g/mol. The van der Waals surface area contributed by atoms with Crippen molar-refractivity contribution in [2.75, 3.05) is 13.2 Å². The van der Waals surface area contributed by atoms with E-state index in [4.69, 9.17) is 10.2 Å². The number of amides is 3. The highest BCUT2D eigenvalue weighted by molar-refractivity contribution is 5.93. The first-order valence-electron chi connectivity index (χ1n) is 8.28. The number of hydrogen-bond acceptors (Lipinski definition) is 7. The molecule has 0 unspecified atom stereocenters. The number of nitrogens with one attached hydrogen (secondary N) is 3. The van der Waals surface area contributed by atoms with Crippen LogP contribution in [0.4, 0.5) is 0 Å². The second kappa shape index (κ2) is 10.8. The van der Waals surface area contributed by atoms with Crippen LogP contribution in [0.1, 0.15) is 12.5 Å². The Morgan fingerprint density at radius 2 is 1.36 bits per heavy atom. The van der Waals surface area contributed by atoms with Crippen LogP contribution in [0.3, 0.4) is 0 Å². The third kappa shape index (κ3) is 7.21. The summed E-state index contributed by atoms with van der Waals surface area (Å²) in [5.74, 6) is -3.78. The zero-order valence-electron chi connectivity index (χ0n) is 15.1. The molecule has 28 heavy (non-hydrogen) atoms. The van der Waals surface area contributed by atoms with Crippen molar-refractivity contribution in [2.45, 2.75) is 31.5 Å². The molecule has 11 nitrogen and oxygen atoms in total. The molecule has 0 aliphatic heterocycles. The Bertz CT molecular complexity index is 707. The SMILES string of the molecule is CC(=O)N[C@@H](CO)C(=O)N[C@@H](Cc1ccc(O)cc1)C(=O)N[C@@H](CO)C(=O)O. The normalized spacial score (nSPS) is 13.7. The average Bonchev–Trinajstić information content (AvgIpc) is 2.64. The molecule has 1 rings (SSSR count). The predicted molar refractivity (Wildman–Crippen MR) is 95.1 cm³/mol. The van der Waals surface area contributed by atoms with Crippen LogP contribution >= 0.6 is 0 Å². The minimum atomic E-state index is -1.57. The van der Waals surface area contributed by atoms with Crippen LogP contribution in [0.5, 0.6) is 5.75 Å². The predicted octanol–water partition coefficient (Wildman–Crippen LogP) is -2.52. The van der Waals surface area contributed by atoms with Gasteiger partial charge >= 0.3 is 5.97 Å². The minimum absolute atomic E-state index is 0.00832. The van der Waals surface area contributed by atoms with E-state index in [0.717, 1.165) is 6.92 Å². The topological polar surface area (TPSA) is 185 Å². The number of aliphatic carboxylic acids is 1. The van der Waals surface area contributed by atoms with Gasteiger partial charge in [-0.1, -0.05) is 12.1 Å². The Hall–Kier alpha value is -3.18. The van der Waals surface area contributed by atoms with Gasteiger partial charge in [-0.05, 0) is 17.7 Å². The van der Waals surface area contributed by atoms with E-state index in [1.54, 1.807) is 0 Å². The first-order valence-corrected chi connectivity index (χ1v) is 8.28. The lowest BCUT2D eigenvalue weighted by Gasteiger charge is -2.23. The number of carboxylic acids is 1. The number of carbonyl (C=O) groups is 4. The van der Waals surface area contributed by atoms with Gasteiger partial charge < -0.3 is 36.4 Å². The summed E-state index contributed by atoms with van der Waals surface area (Å²) in [7, 11) is 0. The van der Waals surface area contributed by atoms with E-state index in [0.29, 0.717) is 5.56 Å². The van der Waals surface area contributed by atoms with Crippen molar-refractivity contribution in [3.05, 3.63) is 29.8 Å². The van der Waals surface area contributed by atoms with Crippen molar-refractivity contribution in [1.82, 2.24) is 16.0 Å². The molecule has 154 valence electrons. The molecule has 0 aliphatic carbocycles. The third-order valence-corrected chi connectivity index (χ3v) is 3.68. The van der Waals surface area contributed by atoms with Gasteiger partial charge in [0, 0.05) is 13.3 Å². The molecule has 11 heteroatoms. The molecule has 0 saturated heterocycles. The Morgan fingerprint density at radius 3 is 1.82 bits per heavy atom. The molecule has 0 heterocycles. The lowest BCUT2D eigenvalue weighted by Crippen LogP contribution is -2.57. The van der Waals surface area contributed by atoms with E-state index in [1.807, 2.05) is 0 Å². The lowest BCUT2D eigenvalue weighted by atomic mass is 10.0. The van der Waals surface area contributed by atoms with E-state index < -0.39 is 55.0 Å². The van der Waals surface area contributed by atoms with Crippen LogP contribution in [0.2, 0.25) is 0 Å². The second-order valence-corrected chi connectivity index (χ2v) is 5.95. The standard InChI is InChI=1S/C17H23N3O8/c1-9(23)18-13(7-21)16(26)19-12(6-10-2-4-11(24)5-3-10)15(25)20-14(8-22)17(27)28/h2-5,12-14,21-22,24H,6-8H2,1H3,(H,18,23)(H,19,26)(H,20,25)(H,27,28)/t12-,13-,14-/m0/s1. The molecule has 0 saturated carbocycles. The lowest BCUT2D eigenvalue weighted by molar-refractivity contribution is -0.143. The molecule has 0 bridgehead atoms. The summed E-state index contributed by atoms with van der Waals surface area (Å²) >= 11 is 0. The number of aromatic hydroxyl groups is 1. The summed E-state index contributed by atoms with van der Waals surface area (Å²) in [5.41, 5.74) is 0.536. The molecule has 1 aromatic rings. The summed E-state index contributed by atoms with van der Waals surface area (Å²) in [6, 6.07) is 1.59. The van der Waals surface area contributed by atoms with Gasteiger partial charge in [0.15, 0.2) is 0 Å². The largest absolute Gasteiger partial charge is 0.508 e. The summed E-state index contributed by atoms with van der Waals surface area (Å²) in [4.78, 5) is 46.9. The number of phenols is 1. The number of carbonyl (C=O) groups excluding carboxylic acids is 3. The molecule has 3 atom stereocenters. The fourth-order valence-electron chi connectivity index (χ4n) is 2.25. The van der Waals surface area contributed by atoms with Crippen molar-refractivity contribution in [1.29, 1.82) is 0 Å². The van der Waals surface area contributed by atoms with Crippen LogP contribution < -0.4 is 16.0 Å². The summed E-state index contributed by atoms with van der Waals surface area (Å²) in [5, 5.41) is 43.3. The number of phenolic OH excluding ortho intramolecular Hbond substituents is 1. The smallest absolute Gasteiger partial charge is 0.328 e. The fourth-order valence-corrected chi connectivity index (χ4v) is 2.25. The van der Waals surface area contributed by atoms with Crippen LogP contribution in [-0.2, 0) is 25.6 Å². The zero-order valence-corrected chi connectivity index (χ0v) is 15.1. The van der Waals surface area contributed by atoms with Gasteiger partial charge in [-0.15, -0.1) is 0 Å². The molecule has 0 aromatic heterocycles. The first-order chi connectivity index (χ1) is 13.2. The van der Waals surface area contributed by atoms with Crippen molar-refractivity contribution in [3.63, 3.8) is 0 Å². The van der Waals surface area contributed by atoms with Gasteiger partial charge in [-0.3, -0.25) is 14.4 Å². The number of rotatable bonds is 10. The number of aliphatic hydroxyl groups excluding tert-OH is 2. The van der Waals surface area contributed by atoms with Crippen LogP contribution in [0.25, 0.3) is 0 Å². The van der Waals surface area contributed by atoms with E-state index >= 15 is 0 Å². The molecule has 3 amide bonds. The van der Waals surface area contributed by atoms with Crippen molar-refractivity contribution in [2.24, 2.45) is 0 Å². The Morgan fingerprint density at radius 1 is 0.857 bits per heavy atom. The highest BCUT2D eigenvalue weighted by atomic mass is 16.4. The van der Waals surface area contributed by atoms with Gasteiger partial charge in [0.2, 0.25) is 17.7 Å². The zero-order chi connectivity index (χ0) is 21.3. The summed E-state index contributed by atoms with van der Waals surface area (Å²) in [6.45, 7) is -0.422. The van der Waals surface area contributed by atoms with Gasteiger partial charge in [-0.2, -0.15) is 0 Å². The summed E-state index contributed by atoms with van der Waals surface area (Å²) in [6.07, 6.45) is -0.0756. The monoisotopic (exact) mass is 397 g/mol. The number of benzene rings is 1. The van der Waals surface area contributed by atoms with E-state index in [9.17, 15) is 29.4 Å². The molecular weight excluding hydrogens is 374 g/mol. The fraction of sp³-hybridized carbons (Fsp3) is 0.412. The molecule has 0 aliphatic rings. The highest BCUT2D eigenvalue weighted by Gasteiger charge is 2.29. The highest BCUT2D eigenvalue weighted by Crippen LogP contribution is 2.11. The van der Waals surface area contributed by atoms with Gasteiger partial charge in [0.25, 0.3) is 0 Å². The van der Waals surface area contributed by atoms with Crippen LogP contribution in [0, 0.1) is 0 Å². The van der Waals surface area contributed by atoms with E-state index in [2.05, 4.69) is 16.0 Å². The number of aliphatic hydroxyl groups is 2. The molecular formula is C17H23N3O8. The van der Waals surface area contributed by atoms with Crippen molar-refractivity contribution in [3.8, 4) is 5.75 Å². The van der Waals surface area contributed by atoms with Gasteiger partial charge in [-0.25, -0.2) is 4.79 Å². The van der Waals surface area contributed by atoms with E-state index in [-0.39, 0.29) is 12.2 Å². The number of hydrogen-bond donors (Lipinski definition) is 7. The van der Waals surface area contributed by atoms with Gasteiger partial charge in [0.1, 0.15) is 23.9 Å². The maximum atomic E-state index is 12.5. The van der Waals surface area contributed by atoms with Crippen LogP contribution in [0.15, 0.2) is 24.3 Å². The second-order valence-electron chi connectivity index (χ2n) is 5.95. The molecule has 1 aromatic carbocycles. The maximum Gasteiger partial charge on any atom is 0.328 e. The van der Waals surface area contributed by atoms with Gasteiger partial charge in [0.05, 0.1) is 13.2 Å². The Kier molecular flexibility index (Phi) is 8.85. The molecule has 0 radical (unpaired) electrons. The first kappa shape index (κ1) is 22.9. The molecule has 7 N–H and O–H groups in total. The van der Waals surface area contributed by atoms with E-state index in [1.165, 1.54) is 24.3 Å². The Balaban J connectivity index is 3.00. The van der Waals surface area contributed by atoms with Crippen molar-refractivity contribution >= 4 is 23.7 Å². The van der Waals surface area contributed by atoms with Crippen LogP contribution in [-0.4, -0.2) is 75.5 Å². The minimum Gasteiger partial charge on any atom is -0.508 e. The van der Waals surface area contributed by atoms with Crippen molar-refractivity contribution < 1.29 is 39.6 Å². The third-order valence-electron chi connectivity index (χ3n) is 3.68. The maximum absolute atomic E-state index is 12.5. The number of carboxylic acid groups (broad SMARTS) is 1. The molecule has 0 spiro atoms. The molecule has 0 fully saturated rings.